The predicted octanol–water partition coefficient (Wildman–Crippen LogP) is 3.35. The standard InChI is InChI=1S/C32H35F3N6O4/c1-38-19-28(43)40-26(15-20-9-11-24(42)12-10-20)30(44)39(17-23-7-4-6-21-13-14-36-29(21)23)18-27(40)41(38)31(45)37-16-22-5-2-3-8-25(22)32(33,34)35/h2-12,26-28,36,42-43H,13-19H2,1H3,(H,37,45)/t26-,27?,28?/m0/s1. The minimum atomic E-state index is -4.58. The molecule has 3 aliphatic heterocycles. The smallest absolute Gasteiger partial charge is 0.416 e. The summed E-state index contributed by atoms with van der Waals surface area (Å²) in [5.74, 6) is -0.147. The van der Waals surface area contributed by atoms with Gasteiger partial charge in [-0.25, -0.2) is 19.7 Å². The lowest BCUT2D eigenvalue weighted by Gasteiger charge is -2.56. The number of amides is 3. The highest BCUT2D eigenvalue weighted by atomic mass is 19.4. The number of nitrogens with one attached hydrogen (secondary N) is 2. The van der Waals surface area contributed by atoms with Gasteiger partial charge in [-0.15, -0.1) is 0 Å². The number of carbonyl (C=O) groups is 2. The molecule has 0 bridgehead atoms. The highest BCUT2D eigenvalue weighted by Gasteiger charge is 2.51. The minimum absolute atomic E-state index is 0.0153. The number of β-amino-alcohol motifs (C(OH)–C–C–N with tert-alkyl or cyclic N) is 1. The third kappa shape index (κ3) is 6.15. The number of urea groups is 1. The molecule has 2 saturated heterocycles. The van der Waals surface area contributed by atoms with Gasteiger partial charge in [-0.05, 0) is 53.3 Å². The number of benzene rings is 3. The van der Waals surface area contributed by atoms with Gasteiger partial charge in [0.25, 0.3) is 0 Å². The van der Waals surface area contributed by atoms with Crippen LogP contribution >= 0.6 is 0 Å². The Balaban J connectivity index is 1.31. The second kappa shape index (κ2) is 12.2. The van der Waals surface area contributed by atoms with E-state index in [9.17, 15) is 33.0 Å². The molecule has 3 aromatic rings. The van der Waals surface area contributed by atoms with Crippen LogP contribution in [0.2, 0.25) is 0 Å². The summed E-state index contributed by atoms with van der Waals surface area (Å²) in [6.45, 7) is 0.735. The van der Waals surface area contributed by atoms with E-state index in [0.717, 1.165) is 41.4 Å². The van der Waals surface area contributed by atoms with E-state index in [1.807, 2.05) is 18.2 Å². The Morgan fingerprint density at radius 1 is 1.02 bits per heavy atom. The number of aliphatic hydroxyl groups is 1. The number of anilines is 1. The molecule has 0 radical (unpaired) electrons. The molecule has 45 heavy (non-hydrogen) atoms. The summed E-state index contributed by atoms with van der Waals surface area (Å²) in [5, 5.41) is 30.0. The minimum Gasteiger partial charge on any atom is -0.508 e. The third-order valence-electron chi connectivity index (χ3n) is 8.73. The number of phenolic OH excluding ortho intramolecular Hbond substituents is 1. The third-order valence-corrected chi connectivity index (χ3v) is 8.73. The largest absolute Gasteiger partial charge is 0.508 e. The number of phenols is 1. The fraction of sp³-hybridized carbons (Fsp3) is 0.375. The molecule has 0 aliphatic carbocycles. The van der Waals surface area contributed by atoms with Gasteiger partial charge < -0.3 is 25.7 Å². The van der Waals surface area contributed by atoms with Crippen molar-refractivity contribution in [3.05, 3.63) is 94.5 Å². The van der Waals surface area contributed by atoms with Gasteiger partial charge >= 0.3 is 12.2 Å². The SMILES string of the molecule is CN1CC(O)N2C(CN(Cc3cccc4c3NCC4)C(=O)[C@@H]2Cc2ccc(O)cc2)N1C(=O)NCc1ccccc1C(F)(F)F. The monoisotopic (exact) mass is 624 g/mol. The van der Waals surface area contributed by atoms with Crippen LogP contribution in [0.5, 0.6) is 5.75 Å². The fourth-order valence-corrected chi connectivity index (χ4v) is 6.62. The molecule has 6 rings (SSSR count). The zero-order chi connectivity index (χ0) is 31.9. The molecule has 2 unspecified atom stereocenters. The van der Waals surface area contributed by atoms with Crippen LogP contribution < -0.4 is 10.6 Å². The van der Waals surface area contributed by atoms with E-state index in [1.54, 1.807) is 29.0 Å². The van der Waals surface area contributed by atoms with Crippen molar-refractivity contribution in [1.82, 2.24) is 25.1 Å². The van der Waals surface area contributed by atoms with E-state index in [-0.39, 0.29) is 49.8 Å². The molecule has 0 aromatic heterocycles. The number of piperazine rings is 1. The second-order valence-electron chi connectivity index (χ2n) is 11.6. The number of carbonyl (C=O) groups excluding carboxylic acids is 2. The van der Waals surface area contributed by atoms with Gasteiger partial charge in [0, 0.05) is 32.4 Å². The van der Waals surface area contributed by atoms with Crippen LogP contribution in [0.4, 0.5) is 23.7 Å². The first-order chi connectivity index (χ1) is 21.5. The summed E-state index contributed by atoms with van der Waals surface area (Å²) < 4.78 is 40.9. The second-order valence-corrected chi connectivity index (χ2v) is 11.6. The lowest BCUT2D eigenvalue weighted by Crippen LogP contribution is -2.77. The van der Waals surface area contributed by atoms with Crippen LogP contribution in [-0.2, 0) is 36.9 Å². The maximum atomic E-state index is 14.2. The van der Waals surface area contributed by atoms with E-state index < -0.39 is 36.2 Å². The number of fused-ring (bicyclic) bond motifs is 2. The zero-order valence-corrected chi connectivity index (χ0v) is 24.7. The van der Waals surface area contributed by atoms with E-state index in [4.69, 9.17) is 0 Å². The summed E-state index contributed by atoms with van der Waals surface area (Å²) in [6, 6.07) is 16.0. The van der Waals surface area contributed by atoms with Crippen LogP contribution in [-0.4, -0.2) is 87.1 Å². The van der Waals surface area contributed by atoms with E-state index in [2.05, 4.69) is 10.6 Å². The predicted molar refractivity (Wildman–Crippen MR) is 159 cm³/mol. The van der Waals surface area contributed by atoms with Gasteiger partial charge in [-0.3, -0.25) is 4.79 Å². The molecule has 10 nitrogen and oxygen atoms in total. The summed E-state index contributed by atoms with van der Waals surface area (Å²) in [7, 11) is 1.62. The molecule has 4 N–H and O–H groups in total. The van der Waals surface area contributed by atoms with Crippen molar-refractivity contribution in [2.24, 2.45) is 0 Å². The van der Waals surface area contributed by atoms with Crippen molar-refractivity contribution in [3.8, 4) is 5.75 Å². The number of aliphatic hydroxyl groups excluding tert-OH is 1. The number of nitrogens with zero attached hydrogens (tertiary/aromatic N) is 4. The Morgan fingerprint density at radius 3 is 2.51 bits per heavy atom. The summed E-state index contributed by atoms with van der Waals surface area (Å²) in [4.78, 5) is 31.2. The Bertz CT molecular complexity index is 1570. The Kier molecular flexibility index (Phi) is 8.33. The molecule has 3 atom stereocenters. The number of aromatic hydroxyl groups is 1. The number of rotatable bonds is 6. The summed E-state index contributed by atoms with van der Waals surface area (Å²) in [6.07, 6.45) is -5.43. The Labute approximate surface area is 258 Å². The van der Waals surface area contributed by atoms with E-state index in [0.29, 0.717) is 0 Å². The van der Waals surface area contributed by atoms with Crippen molar-refractivity contribution in [2.45, 2.75) is 50.5 Å². The topological polar surface area (TPSA) is 112 Å². The highest BCUT2D eigenvalue weighted by Crippen LogP contribution is 2.34. The van der Waals surface area contributed by atoms with Gasteiger partial charge in [0.1, 0.15) is 18.1 Å². The first kappa shape index (κ1) is 30.7. The Hall–Kier alpha value is -4.33. The highest BCUT2D eigenvalue weighted by molar-refractivity contribution is 5.84. The summed E-state index contributed by atoms with van der Waals surface area (Å²) >= 11 is 0. The molecule has 3 heterocycles. The van der Waals surface area contributed by atoms with Gasteiger partial charge in [-0.1, -0.05) is 48.5 Å². The zero-order valence-electron chi connectivity index (χ0n) is 24.7. The van der Waals surface area contributed by atoms with Crippen LogP contribution in [0.15, 0.2) is 66.7 Å². The fourth-order valence-electron chi connectivity index (χ4n) is 6.62. The molecule has 238 valence electrons. The molecule has 2 fully saturated rings. The molecule has 3 aromatic carbocycles. The molecular formula is C32H35F3N6O4. The number of halogens is 3. The van der Waals surface area contributed by atoms with Crippen LogP contribution in [0.3, 0.4) is 0 Å². The number of alkyl halides is 3. The first-order valence-electron chi connectivity index (χ1n) is 14.8. The van der Waals surface area contributed by atoms with Crippen molar-refractivity contribution < 1.29 is 33.0 Å². The van der Waals surface area contributed by atoms with Gasteiger partial charge in [0.2, 0.25) is 5.91 Å². The van der Waals surface area contributed by atoms with Gasteiger partial charge in [0.15, 0.2) is 0 Å². The Morgan fingerprint density at radius 2 is 1.76 bits per heavy atom. The normalized spacial score (nSPS) is 22.2. The maximum absolute atomic E-state index is 14.2. The van der Waals surface area contributed by atoms with Gasteiger partial charge in [-0.2, -0.15) is 13.2 Å². The average Bonchev–Trinajstić information content (AvgIpc) is 3.49. The average molecular weight is 625 g/mol. The number of hydrogen-bond acceptors (Lipinski definition) is 7. The first-order valence-corrected chi connectivity index (χ1v) is 14.8. The summed E-state index contributed by atoms with van der Waals surface area (Å²) in [5.41, 5.74) is 2.92. The van der Waals surface area contributed by atoms with Gasteiger partial charge in [0.05, 0.1) is 24.7 Å². The molecule has 13 heteroatoms. The van der Waals surface area contributed by atoms with Crippen LogP contribution in [0.25, 0.3) is 0 Å². The van der Waals surface area contributed by atoms with Crippen molar-refractivity contribution in [3.63, 3.8) is 0 Å². The van der Waals surface area contributed by atoms with Crippen LogP contribution in [0, 0.1) is 0 Å². The molecule has 3 amide bonds. The van der Waals surface area contributed by atoms with Crippen LogP contribution in [0.1, 0.15) is 27.8 Å². The molecular weight excluding hydrogens is 589 g/mol. The number of hydrogen-bond donors (Lipinski definition) is 4. The molecule has 3 aliphatic rings. The number of para-hydroxylation sites is 1. The maximum Gasteiger partial charge on any atom is 0.416 e. The lowest BCUT2D eigenvalue weighted by molar-refractivity contribution is -0.223. The number of hydrazine groups is 1. The lowest BCUT2D eigenvalue weighted by atomic mass is 9.97. The van der Waals surface area contributed by atoms with Crippen molar-refractivity contribution in [1.29, 1.82) is 0 Å². The quantitative estimate of drug-likeness (QED) is 0.333. The molecule has 0 spiro atoms. The van der Waals surface area contributed by atoms with Crippen molar-refractivity contribution >= 4 is 17.6 Å². The van der Waals surface area contributed by atoms with E-state index >= 15 is 0 Å². The molecule has 0 saturated carbocycles. The number of likely N-dealkylation sites (N-methyl/N-ethyl adjacent to an activating group) is 1. The van der Waals surface area contributed by atoms with E-state index in [1.165, 1.54) is 40.3 Å². The van der Waals surface area contributed by atoms with Crippen molar-refractivity contribution in [2.75, 3.05) is 32.0 Å².